The smallest absolute Gasteiger partial charge is 0.351 e. The van der Waals surface area contributed by atoms with Gasteiger partial charge >= 0.3 is 6.18 Å². The number of hydrogen-bond acceptors (Lipinski definition) is 11. The maximum Gasteiger partial charge on any atom is 0.417 e. The molecule has 3 fully saturated rings. The van der Waals surface area contributed by atoms with Gasteiger partial charge in [-0.15, -0.1) is 0 Å². The molecule has 8 atom stereocenters. The Morgan fingerprint density at radius 1 is 0.670 bits per heavy atom. The third kappa shape index (κ3) is 19.6. The van der Waals surface area contributed by atoms with E-state index in [0.29, 0.717) is 36.8 Å². The van der Waals surface area contributed by atoms with Gasteiger partial charge in [-0.05, 0) is 105 Å². The molecule has 91 heavy (non-hydrogen) atoms. The molecule has 1 spiro atoms. The average Bonchev–Trinajstić information content (AvgIpc) is 1.75. The van der Waals surface area contributed by atoms with Crippen LogP contribution in [0.15, 0.2) is 46.9 Å². The van der Waals surface area contributed by atoms with Gasteiger partial charge in [0.25, 0.3) is 0 Å². The fourth-order valence-corrected chi connectivity index (χ4v) is 12.7. The Balaban J connectivity index is 1.56. The zero-order chi connectivity index (χ0) is 68.1. The fraction of sp³-hybridized carbons (Fsp3) is 0.641. The highest BCUT2D eigenvalue weighted by Gasteiger charge is 2.49. The van der Waals surface area contributed by atoms with Crippen molar-refractivity contribution in [2.75, 3.05) is 68.5 Å². The van der Waals surface area contributed by atoms with Gasteiger partial charge in [0.1, 0.15) is 41.8 Å². The van der Waals surface area contributed by atoms with Crippen molar-refractivity contribution >= 4 is 92.5 Å². The van der Waals surface area contributed by atoms with Crippen LogP contribution in [0, 0.1) is 17.8 Å². The van der Waals surface area contributed by atoms with Crippen LogP contribution in [-0.2, 0) is 71.8 Å². The summed E-state index contributed by atoms with van der Waals surface area (Å²) in [7, 11) is 8.35. The molecule has 1 aliphatic carbocycles. The maximum atomic E-state index is 15.0. The van der Waals surface area contributed by atoms with Crippen LogP contribution in [0.2, 0.25) is 5.02 Å². The summed E-state index contributed by atoms with van der Waals surface area (Å²) in [4.78, 5) is 168. The molecule has 1 unspecified atom stereocenters. The number of benzene rings is 2. The normalized spacial score (nSPS) is 24.9. The Morgan fingerprint density at radius 2 is 1.26 bits per heavy atom. The van der Waals surface area contributed by atoms with Crippen LogP contribution < -0.4 is 21.3 Å². The van der Waals surface area contributed by atoms with Gasteiger partial charge in [-0.2, -0.15) is 13.2 Å². The molecule has 3 aliphatic rings. The SMILES string of the molecule is CC[C@H](C)[C@@H]1NC(=O)[C@H](CC(C)C)N(C)C(=O)C[C@@H](C)NC(=O)[C@H](C(C)C)N(C)C(=O)C2(CCCC2)NC(=O)C2CCCN2C(=O)[C@H](CCc2ccc(C(F)(F)F)c(Cl)c2)NC(=O)CN(C)C(=O)[C@H](Cc2ccc(Br)cc2)N(C)C(=O)CN(C)C(=O)CN(C)C1=O. The predicted molar refractivity (Wildman–Crippen MR) is 339 cm³/mol. The van der Waals surface area contributed by atoms with Crippen molar-refractivity contribution in [1.82, 2.24) is 55.6 Å². The van der Waals surface area contributed by atoms with Gasteiger partial charge in [-0.3, -0.25) is 52.7 Å². The molecule has 2 aromatic rings. The van der Waals surface area contributed by atoms with Crippen LogP contribution >= 0.6 is 27.5 Å². The zero-order valence-electron chi connectivity index (χ0n) is 54.6. The Morgan fingerprint density at radius 3 is 1.85 bits per heavy atom. The maximum absolute atomic E-state index is 15.0. The number of nitrogens with one attached hydrogen (secondary N) is 4. The van der Waals surface area contributed by atoms with E-state index in [1.54, 1.807) is 52.0 Å². The van der Waals surface area contributed by atoms with Crippen molar-refractivity contribution in [2.45, 2.75) is 180 Å². The van der Waals surface area contributed by atoms with Gasteiger partial charge in [0, 0.05) is 72.2 Å². The number of likely N-dealkylation sites (N-methyl/N-ethyl adjacent to an activating group) is 6. The van der Waals surface area contributed by atoms with E-state index in [2.05, 4.69) is 37.2 Å². The Kier molecular flexibility index (Phi) is 26.9. The third-order valence-corrected chi connectivity index (χ3v) is 18.5. The Labute approximate surface area is 545 Å². The number of nitrogens with zero attached hydrogens (tertiary/aromatic N) is 7. The lowest BCUT2D eigenvalue weighted by atomic mass is 9.92. The second-order valence-electron chi connectivity index (χ2n) is 25.7. The molecular weight excluding hydrogens is 1270 g/mol. The van der Waals surface area contributed by atoms with Crippen LogP contribution in [0.4, 0.5) is 13.2 Å². The molecule has 2 aromatic carbocycles. The predicted octanol–water partition coefficient (Wildman–Crippen LogP) is 5.20. The van der Waals surface area contributed by atoms with Crippen LogP contribution in [0.3, 0.4) is 0 Å². The van der Waals surface area contributed by atoms with Crippen molar-refractivity contribution in [1.29, 1.82) is 0 Å². The molecule has 504 valence electrons. The molecule has 0 radical (unpaired) electrons. The van der Waals surface area contributed by atoms with Gasteiger partial charge in [0.2, 0.25) is 65.0 Å². The molecule has 22 nitrogen and oxygen atoms in total. The summed E-state index contributed by atoms with van der Waals surface area (Å²) in [6, 6.07) is 2.03. The van der Waals surface area contributed by atoms with Crippen molar-refractivity contribution in [2.24, 2.45) is 17.8 Å². The van der Waals surface area contributed by atoms with Gasteiger partial charge in [0.05, 0.1) is 30.2 Å². The number of alkyl halides is 3. The van der Waals surface area contributed by atoms with Gasteiger partial charge in [-0.1, -0.05) is 107 Å². The minimum absolute atomic E-state index is 0.0404. The highest BCUT2D eigenvalue weighted by Crippen LogP contribution is 2.36. The number of amides is 11. The second-order valence-corrected chi connectivity index (χ2v) is 27.0. The number of halogens is 5. The van der Waals surface area contributed by atoms with Crippen molar-refractivity contribution < 1.29 is 65.9 Å². The summed E-state index contributed by atoms with van der Waals surface area (Å²) in [5.41, 5.74) is -1.68. The first-order chi connectivity index (χ1) is 42.5. The van der Waals surface area contributed by atoms with Crippen molar-refractivity contribution in [3.63, 3.8) is 0 Å². The summed E-state index contributed by atoms with van der Waals surface area (Å²) in [6.45, 7) is 10.7. The lowest BCUT2D eigenvalue weighted by molar-refractivity contribution is -0.149. The van der Waals surface area contributed by atoms with Crippen LogP contribution in [-0.4, -0.2) is 216 Å². The summed E-state index contributed by atoms with van der Waals surface area (Å²) < 4.78 is 42.0. The van der Waals surface area contributed by atoms with Crippen molar-refractivity contribution in [3.05, 3.63) is 68.7 Å². The number of fused-ring (bicyclic) bond motifs is 1. The minimum atomic E-state index is -4.76. The highest BCUT2D eigenvalue weighted by molar-refractivity contribution is 9.10. The molecule has 4 N–H and O–H groups in total. The largest absolute Gasteiger partial charge is 0.417 e. The van der Waals surface area contributed by atoms with Gasteiger partial charge in [-0.25, -0.2) is 0 Å². The number of aryl methyl sites for hydroxylation is 1. The second kappa shape index (κ2) is 32.6. The first kappa shape index (κ1) is 74.9. The topological polar surface area (TPSA) is 259 Å². The first-order valence-electron chi connectivity index (χ1n) is 31.2. The van der Waals surface area contributed by atoms with Gasteiger partial charge in [0.15, 0.2) is 0 Å². The lowest BCUT2D eigenvalue weighted by Gasteiger charge is -2.39. The minimum Gasteiger partial charge on any atom is -0.351 e. The number of carbonyl (C=O) groups excluding carboxylic acids is 11. The molecule has 2 heterocycles. The molecule has 2 saturated heterocycles. The van der Waals surface area contributed by atoms with E-state index in [9.17, 15) is 65.9 Å². The van der Waals surface area contributed by atoms with E-state index in [-0.39, 0.29) is 63.8 Å². The average molecular weight is 1360 g/mol. The Bertz CT molecular complexity index is 2990. The van der Waals surface area contributed by atoms with E-state index in [4.69, 9.17) is 11.6 Å². The molecule has 27 heteroatoms. The van der Waals surface area contributed by atoms with E-state index in [0.717, 1.165) is 36.2 Å². The summed E-state index contributed by atoms with van der Waals surface area (Å²) in [5.74, 6) is -8.25. The van der Waals surface area contributed by atoms with Crippen LogP contribution in [0.5, 0.6) is 0 Å². The molecule has 1 saturated carbocycles. The Hall–Kier alpha value is -6.83. The standard InChI is InChI=1S/C64H92BrClF3N11O11/c1-14-39(6)54-61(90)76(10)35-52(83)74(8)36-53(84)78(12)49(33-42-19-23-43(65)24-20-42)60(89)75(9)34-50(81)71-46(26-22-41-21-25-44(45(66)32-41)64(67,68)69)59(88)80-29-17-18-47(80)57(86)73-63(27-15-16-28-63)62(91)79(13)55(38(4)5)58(87)70-40(7)31-51(82)77(11)48(30-37(2)3)56(85)72-54/h19-21,23-25,32,37-40,46-49,54-55H,14-18,22,26-31,33-36H2,1-13H3,(H,70,87)(H,71,81)(H,72,85)(H,73,86)/t39-,40+,46-,47?,48-,49-,54-,55-/m0/s1. The van der Waals surface area contributed by atoms with Gasteiger partial charge < -0.3 is 55.6 Å². The van der Waals surface area contributed by atoms with E-state index in [1.165, 1.54) is 63.1 Å². The zero-order valence-corrected chi connectivity index (χ0v) is 57.0. The molecule has 2 aliphatic heterocycles. The third-order valence-electron chi connectivity index (χ3n) is 17.7. The summed E-state index contributed by atoms with van der Waals surface area (Å²) >= 11 is 9.51. The van der Waals surface area contributed by atoms with E-state index >= 15 is 0 Å². The number of carbonyl (C=O) groups is 11. The molecule has 11 amide bonds. The summed E-state index contributed by atoms with van der Waals surface area (Å²) in [5, 5.41) is 10.9. The van der Waals surface area contributed by atoms with E-state index < -0.39 is 161 Å². The van der Waals surface area contributed by atoms with Crippen molar-refractivity contribution in [3.8, 4) is 0 Å². The summed E-state index contributed by atoms with van der Waals surface area (Å²) in [6.07, 6.45) is -2.80. The van der Waals surface area contributed by atoms with Crippen LogP contribution in [0.25, 0.3) is 0 Å². The molecular formula is C64H92BrClF3N11O11. The molecule has 0 aromatic heterocycles. The molecule has 5 rings (SSSR count). The lowest BCUT2D eigenvalue weighted by Crippen LogP contribution is -2.64. The first-order valence-corrected chi connectivity index (χ1v) is 32.3. The fourth-order valence-electron chi connectivity index (χ4n) is 12.1. The number of rotatable bonds is 10. The quantitative estimate of drug-likeness (QED) is 0.240. The molecule has 0 bridgehead atoms. The number of hydrogen-bond donors (Lipinski definition) is 4. The highest BCUT2D eigenvalue weighted by atomic mass is 79.9. The van der Waals surface area contributed by atoms with E-state index in [1.807, 2.05) is 20.8 Å². The van der Waals surface area contributed by atoms with Crippen LogP contribution in [0.1, 0.15) is 129 Å². The monoisotopic (exact) mass is 1360 g/mol.